The molecule has 0 radical (unpaired) electrons. The second kappa shape index (κ2) is 11.5. The maximum absolute atomic E-state index is 12.1. The molecule has 2 amide bonds. The first kappa shape index (κ1) is 23.7. The molecule has 2 rings (SSSR count). The number of carbonyl (C=O) groups is 2. The Hall–Kier alpha value is -2.62. The van der Waals surface area contributed by atoms with Gasteiger partial charge in [0.25, 0.3) is 5.91 Å². The van der Waals surface area contributed by atoms with Gasteiger partial charge in [0.15, 0.2) is 22.5 Å². The van der Waals surface area contributed by atoms with E-state index >= 15 is 0 Å². The summed E-state index contributed by atoms with van der Waals surface area (Å²) in [4.78, 5) is 33.7. The molecule has 0 aliphatic carbocycles. The number of nitrogens with zero attached hydrogens (tertiary/aromatic N) is 3. The molecule has 6 N–H and O–H groups in total. The lowest BCUT2D eigenvalue weighted by Crippen LogP contribution is -2.38. The molecule has 0 saturated heterocycles. The standard InChI is InChI=1S/C19H25Cl2N7O2/c1-28(10-8-24-14(29)7-4-12-2-5-13(20)6-3-12)11-9-25-19(30)15-17(22)27-18(23)16(21)26-15/h2-3,5-6H,4,7-11H2,1H3,(H,24,29)(H,25,30)(H4,22,23,27). The van der Waals surface area contributed by atoms with Gasteiger partial charge in [-0.2, -0.15) is 0 Å². The van der Waals surface area contributed by atoms with E-state index in [0.717, 1.165) is 5.56 Å². The number of nitrogens with two attached hydrogens (primary N) is 2. The molecule has 162 valence electrons. The first-order valence-corrected chi connectivity index (χ1v) is 10.1. The van der Waals surface area contributed by atoms with Gasteiger partial charge in [-0.05, 0) is 31.2 Å². The third kappa shape index (κ3) is 7.66. The van der Waals surface area contributed by atoms with E-state index in [-0.39, 0.29) is 28.4 Å². The number of aromatic nitrogens is 2. The Morgan fingerprint density at radius 2 is 1.63 bits per heavy atom. The molecular weight excluding hydrogens is 429 g/mol. The maximum atomic E-state index is 12.1. The molecule has 0 aliphatic rings. The zero-order valence-electron chi connectivity index (χ0n) is 16.6. The van der Waals surface area contributed by atoms with Gasteiger partial charge in [-0.15, -0.1) is 0 Å². The molecule has 11 heteroatoms. The van der Waals surface area contributed by atoms with Crippen molar-refractivity contribution in [1.29, 1.82) is 0 Å². The number of likely N-dealkylation sites (N-methyl/N-ethyl adjacent to an activating group) is 1. The average Bonchev–Trinajstić information content (AvgIpc) is 2.70. The molecule has 0 saturated carbocycles. The molecule has 0 fully saturated rings. The highest BCUT2D eigenvalue weighted by molar-refractivity contribution is 6.31. The molecule has 2 aromatic rings. The lowest BCUT2D eigenvalue weighted by molar-refractivity contribution is -0.121. The van der Waals surface area contributed by atoms with Crippen LogP contribution in [0.4, 0.5) is 11.6 Å². The van der Waals surface area contributed by atoms with E-state index in [4.69, 9.17) is 34.7 Å². The minimum absolute atomic E-state index is 0.0130. The van der Waals surface area contributed by atoms with Crippen LogP contribution in [0.1, 0.15) is 22.5 Å². The maximum Gasteiger partial charge on any atom is 0.273 e. The number of rotatable bonds is 10. The molecule has 0 aliphatic heterocycles. The number of aryl methyl sites for hydroxylation is 1. The number of benzene rings is 1. The summed E-state index contributed by atoms with van der Waals surface area (Å²) in [5.41, 5.74) is 12.1. The highest BCUT2D eigenvalue weighted by Crippen LogP contribution is 2.17. The van der Waals surface area contributed by atoms with Gasteiger partial charge in [-0.3, -0.25) is 9.59 Å². The van der Waals surface area contributed by atoms with Crippen LogP contribution in [0.15, 0.2) is 24.3 Å². The Bertz CT molecular complexity index is 878. The largest absolute Gasteiger partial charge is 0.382 e. The van der Waals surface area contributed by atoms with Crippen molar-refractivity contribution in [2.24, 2.45) is 0 Å². The minimum atomic E-state index is -0.481. The molecular formula is C19H25Cl2N7O2. The van der Waals surface area contributed by atoms with Crippen LogP contribution in [-0.2, 0) is 11.2 Å². The van der Waals surface area contributed by atoms with Crippen molar-refractivity contribution in [3.63, 3.8) is 0 Å². The van der Waals surface area contributed by atoms with Crippen LogP contribution in [0, 0.1) is 0 Å². The fraction of sp³-hybridized carbons (Fsp3) is 0.368. The molecule has 0 spiro atoms. The van der Waals surface area contributed by atoms with E-state index in [0.29, 0.717) is 44.0 Å². The van der Waals surface area contributed by atoms with Gasteiger partial charge in [0.1, 0.15) is 0 Å². The minimum Gasteiger partial charge on any atom is -0.382 e. The molecule has 1 aromatic carbocycles. The highest BCUT2D eigenvalue weighted by Gasteiger charge is 2.15. The third-order valence-corrected chi connectivity index (χ3v) is 4.80. The van der Waals surface area contributed by atoms with E-state index in [2.05, 4.69) is 20.6 Å². The van der Waals surface area contributed by atoms with Gasteiger partial charge in [-0.25, -0.2) is 9.97 Å². The summed E-state index contributed by atoms with van der Waals surface area (Å²) in [5, 5.41) is 6.19. The quantitative estimate of drug-likeness (QED) is 0.425. The predicted molar refractivity (Wildman–Crippen MR) is 118 cm³/mol. The van der Waals surface area contributed by atoms with Crippen LogP contribution in [0.5, 0.6) is 0 Å². The van der Waals surface area contributed by atoms with Crippen molar-refractivity contribution in [2.75, 3.05) is 44.7 Å². The summed E-state index contributed by atoms with van der Waals surface area (Å²) in [6.07, 6.45) is 1.07. The molecule has 30 heavy (non-hydrogen) atoms. The number of nitrogen functional groups attached to an aromatic ring is 2. The monoisotopic (exact) mass is 453 g/mol. The van der Waals surface area contributed by atoms with Gasteiger partial charge in [0.2, 0.25) is 5.91 Å². The number of carbonyl (C=O) groups excluding carboxylic acids is 2. The number of hydrogen-bond donors (Lipinski definition) is 4. The Morgan fingerprint density at radius 3 is 2.30 bits per heavy atom. The number of amides is 2. The van der Waals surface area contributed by atoms with Crippen LogP contribution < -0.4 is 22.1 Å². The van der Waals surface area contributed by atoms with Crippen molar-refractivity contribution in [3.05, 3.63) is 45.7 Å². The van der Waals surface area contributed by atoms with Crippen molar-refractivity contribution >= 4 is 46.7 Å². The van der Waals surface area contributed by atoms with Gasteiger partial charge in [0, 0.05) is 37.6 Å². The van der Waals surface area contributed by atoms with Crippen LogP contribution in [0.2, 0.25) is 10.2 Å². The lowest BCUT2D eigenvalue weighted by Gasteiger charge is -2.17. The van der Waals surface area contributed by atoms with E-state index in [1.807, 2.05) is 36.2 Å². The number of hydrogen-bond acceptors (Lipinski definition) is 7. The van der Waals surface area contributed by atoms with Gasteiger partial charge in [-0.1, -0.05) is 35.3 Å². The SMILES string of the molecule is CN(CCNC(=O)CCc1ccc(Cl)cc1)CCNC(=O)c1nc(Cl)c(N)nc1N. The van der Waals surface area contributed by atoms with Crippen LogP contribution in [0.25, 0.3) is 0 Å². The van der Waals surface area contributed by atoms with E-state index in [1.165, 1.54) is 0 Å². The first-order chi connectivity index (χ1) is 14.3. The van der Waals surface area contributed by atoms with E-state index in [1.54, 1.807) is 0 Å². The number of halogens is 2. The molecule has 0 unspecified atom stereocenters. The summed E-state index contributed by atoms with van der Waals surface area (Å²) in [7, 11) is 1.89. The van der Waals surface area contributed by atoms with Crippen LogP contribution >= 0.6 is 23.2 Å². The fourth-order valence-corrected chi connectivity index (χ4v) is 2.80. The summed E-state index contributed by atoms with van der Waals surface area (Å²) in [6.45, 7) is 2.08. The Morgan fingerprint density at radius 1 is 1.00 bits per heavy atom. The summed E-state index contributed by atoms with van der Waals surface area (Å²) in [6, 6.07) is 7.45. The molecule has 9 nitrogen and oxygen atoms in total. The Balaban J connectivity index is 1.62. The van der Waals surface area contributed by atoms with Gasteiger partial charge in [0.05, 0.1) is 0 Å². The highest BCUT2D eigenvalue weighted by atomic mass is 35.5. The molecule has 1 aromatic heterocycles. The molecule has 0 bridgehead atoms. The Kier molecular flexibility index (Phi) is 9.10. The smallest absolute Gasteiger partial charge is 0.273 e. The van der Waals surface area contributed by atoms with Crippen molar-refractivity contribution in [2.45, 2.75) is 12.8 Å². The van der Waals surface area contributed by atoms with E-state index < -0.39 is 5.91 Å². The zero-order chi connectivity index (χ0) is 22.1. The fourth-order valence-electron chi connectivity index (χ4n) is 2.55. The van der Waals surface area contributed by atoms with Crippen LogP contribution in [-0.4, -0.2) is 59.9 Å². The van der Waals surface area contributed by atoms with Crippen molar-refractivity contribution < 1.29 is 9.59 Å². The second-order valence-electron chi connectivity index (χ2n) is 6.67. The zero-order valence-corrected chi connectivity index (χ0v) is 18.1. The first-order valence-electron chi connectivity index (χ1n) is 9.32. The topological polar surface area (TPSA) is 139 Å². The second-order valence-corrected chi connectivity index (χ2v) is 7.46. The average molecular weight is 454 g/mol. The normalized spacial score (nSPS) is 10.8. The molecule has 1 heterocycles. The van der Waals surface area contributed by atoms with Crippen molar-refractivity contribution in [1.82, 2.24) is 25.5 Å². The summed E-state index contributed by atoms with van der Waals surface area (Å²) >= 11 is 11.6. The number of anilines is 2. The summed E-state index contributed by atoms with van der Waals surface area (Å²) in [5.74, 6) is -0.600. The van der Waals surface area contributed by atoms with Gasteiger partial charge >= 0.3 is 0 Å². The van der Waals surface area contributed by atoms with Crippen LogP contribution in [0.3, 0.4) is 0 Å². The van der Waals surface area contributed by atoms with E-state index in [9.17, 15) is 9.59 Å². The third-order valence-electron chi connectivity index (χ3n) is 4.27. The lowest BCUT2D eigenvalue weighted by atomic mass is 10.1. The number of nitrogens with one attached hydrogen (secondary N) is 2. The predicted octanol–water partition coefficient (Wildman–Crippen LogP) is 1.36. The Labute approximate surface area is 185 Å². The molecule has 0 atom stereocenters. The van der Waals surface area contributed by atoms with Gasteiger partial charge < -0.3 is 27.0 Å². The summed E-state index contributed by atoms with van der Waals surface area (Å²) < 4.78 is 0. The van der Waals surface area contributed by atoms with Crippen molar-refractivity contribution in [3.8, 4) is 0 Å².